The molecule has 3 rings (SSSR count). The Bertz CT molecular complexity index is 705. The number of ether oxygens (including phenoxy) is 1. The summed E-state index contributed by atoms with van der Waals surface area (Å²) in [6, 6.07) is 6.81. The summed E-state index contributed by atoms with van der Waals surface area (Å²) in [5, 5.41) is 2.76. The number of nitrogens with one attached hydrogen (secondary N) is 1. The fourth-order valence-electron chi connectivity index (χ4n) is 3.24. The maximum absolute atomic E-state index is 12.6. The van der Waals surface area contributed by atoms with E-state index in [2.05, 4.69) is 21.2 Å². The molecule has 2 heterocycles. The van der Waals surface area contributed by atoms with Gasteiger partial charge in [-0.15, -0.1) is 0 Å². The van der Waals surface area contributed by atoms with Gasteiger partial charge in [-0.25, -0.2) is 0 Å². The number of hydrogen-bond acceptors (Lipinski definition) is 4. The molecular weight excluding hydrogens is 402 g/mol. The third-order valence-corrected chi connectivity index (χ3v) is 5.36. The average molecular weight is 424 g/mol. The molecule has 1 aromatic rings. The summed E-state index contributed by atoms with van der Waals surface area (Å²) in [5.41, 5.74) is 0.755. The SMILES string of the molecule is C[C@@H](NC(=O)[C@H]1CC(=O)N(c2ccccc2Br)C1)C(=O)N1CCOCC1. The summed E-state index contributed by atoms with van der Waals surface area (Å²) in [4.78, 5) is 40.6. The zero-order chi connectivity index (χ0) is 18.7. The van der Waals surface area contributed by atoms with Gasteiger partial charge in [-0.05, 0) is 35.0 Å². The Balaban J connectivity index is 1.59. The molecule has 0 radical (unpaired) electrons. The number of carbonyl (C=O) groups excluding carboxylic acids is 3. The first-order valence-corrected chi connectivity index (χ1v) is 9.48. The zero-order valence-corrected chi connectivity index (χ0v) is 16.2. The average Bonchev–Trinajstić information content (AvgIpc) is 3.04. The molecule has 1 aromatic carbocycles. The molecule has 0 aliphatic carbocycles. The molecule has 2 fully saturated rings. The van der Waals surface area contributed by atoms with Crippen LogP contribution in [0.2, 0.25) is 0 Å². The third-order valence-electron chi connectivity index (χ3n) is 4.69. The van der Waals surface area contributed by atoms with Crippen molar-refractivity contribution in [3.63, 3.8) is 0 Å². The minimum absolute atomic E-state index is 0.0933. The highest BCUT2D eigenvalue weighted by Gasteiger charge is 2.37. The number of morpholine rings is 1. The van der Waals surface area contributed by atoms with Gasteiger partial charge in [0.2, 0.25) is 17.7 Å². The lowest BCUT2D eigenvalue weighted by molar-refractivity contribution is -0.140. The minimum Gasteiger partial charge on any atom is -0.378 e. The van der Waals surface area contributed by atoms with E-state index in [4.69, 9.17) is 4.74 Å². The van der Waals surface area contributed by atoms with Gasteiger partial charge >= 0.3 is 0 Å². The molecule has 1 N–H and O–H groups in total. The molecule has 0 saturated carbocycles. The molecule has 7 nitrogen and oxygen atoms in total. The molecule has 2 aliphatic heterocycles. The first-order valence-electron chi connectivity index (χ1n) is 8.69. The van der Waals surface area contributed by atoms with E-state index in [9.17, 15) is 14.4 Å². The van der Waals surface area contributed by atoms with Crippen molar-refractivity contribution in [1.29, 1.82) is 0 Å². The smallest absolute Gasteiger partial charge is 0.245 e. The van der Waals surface area contributed by atoms with Gasteiger partial charge in [0, 0.05) is 30.5 Å². The van der Waals surface area contributed by atoms with Gasteiger partial charge < -0.3 is 19.9 Å². The largest absolute Gasteiger partial charge is 0.378 e. The van der Waals surface area contributed by atoms with Gasteiger partial charge in [0.25, 0.3) is 0 Å². The highest BCUT2D eigenvalue weighted by molar-refractivity contribution is 9.10. The minimum atomic E-state index is -0.617. The van der Waals surface area contributed by atoms with Crippen LogP contribution in [-0.2, 0) is 19.1 Å². The summed E-state index contributed by atoms with van der Waals surface area (Å²) >= 11 is 3.44. The van der Waals surface area contributed by atoms with Crippen molar-refractivity contribution in [2.45, 2.75) is 19.4 Å². The van der Waals surface area contributed by atoms with E-state index < -0.39 is 12.0 Å². The van der Waals surface area contributed by atoms with E-state index in [1.807, 2.05) is 24.3 Å². The van der Waals surface area contributed by atoms with Gasteiger partial charge in [-0.3, -0.25) is 14.4 Å². The topological polar surface area (TPSA) is 79.0 Å². The number of rotatable bonds is 4. The summed E-state index contributed by atoms with van der Waals surface area (Å²) in [7, 11) is 0. The predicted molar refractivity (Wildman–Crippen MR) is 99.6 cm³/mol. The fourth-order valence-corrected chi connectivity index (χ4v) is 3.74. The van der Waals surface area contributed by atoms with E-state index in [1.54, 1.807) is 16.7 Å². The Hall–Kier alpha value is -1.93. The number of anilines is 1. The maximum Gasteiger partial charge on any atom is 0.245 e. The van der Waals surface area contributed by atoms with Crippen LogP contribution in [0.3, 0.4) is 0 Å². The van der Waals surface area contributed by atoms with Crippen LogP contribution in [-0.4, -0.2) is 61.5 Å². The lowest BCUT2D eigenvalue weighted by Crippen LogP contribution is -2.51. The van der Waals surface area contributed by atoms with Crippen molar-refractivity contribution in [3.8, 4) is 0 Å². The van der Waals surface area contributed by atoms with E-state index in [-0.39, 0.29) is 24.1 Å². The van der Waals surface area contributed by atoms with Gasteiger partial charge in [0.05, 0.1) is 24.8 Å². The highest BCUT2D eigenvalue weighted by atomic mass is 79.9. The summed E-state index contributed by atoms with van der Waals surface area (Å²) < 4.78 is 6.05. The van der Waals surface area contributed by atoms with Crippen molar-refractivity contribution in [3.05, 3.63) is 28.7 Å². The second-order valence-electron chi connectivity index (χ2n) is 6.52. The Morgan fingerprint density at radius 2 is 1.96 bits per heavy atom. The molecule has 2 atom stereocenters. The van der Waals surface area contributed by atoms with Crippen molar-refractivity contribution in [2.24, 2.45) is 5.92 Å². The summed E-state index contributed by atoms with van der Waals surface area (Å²) in [5.74, 6) is -0.936. The van der Waals surface area contributed by atoms with Gasteiger partial charge in [-0.2, -0.15) is 0 Å². The highest BCUT2D eigenvalue weighted by Crippen LogP contribution is 2.31. The molecule has 140 valence electrons. The number of hydrogen-bond donors (Lipinski definition) is 1. The zero-order valence-electron chi connectivity index (χ0n) is 14.6. The number of para-hydroxylation sites is 1. The second kappa shape index (κ2) is 8.18. The Labute approximate surface area is 160 Å². The lowest BCUT2D eigenvalue weighted by atomic mass is 10.1. The monoisotopic (exact) mass is 423 g/mol. The molecular formula is C18H22BrN3O4. The van der Waals surface area contributed by atoms with Gasteiger partial charge in [0.15, 0.2) is 0 Å². The summed E-state index contributed by atoms with van der Waals surface area (Å²) in [6.07, 6.45) is 0.144. The molecule has 8 heteroatoms. The van der Waals surface area contributed by atoms with Crippen LogP contribution in [0.4, 0.5) is 5.69 Å². The number of benzene rings is 1. The normalized spacial score (nSPS) is 21.6. The Morgan fingerprint density at radius 3 is 2.65 bits per heavy atom. The number of carbonyl (C=O) groups is 3. The summed E-state index contributed by atoms with van der Waals surface area (Å²) in [6.45, 7) is 4.10. The van der Waals surface area contributed by atoms with E-state index in [1.165, 1.54) is 0 Å². The Morgan fingerprint density at radius 1 is 1.27 bits per heavy atom. The first kappa shape index (κ1) is 18.8. The molecule has 26 heavy (non-hydrogen) atoms. The Kier molecular flexibility index (Phi) is 5.93. The fraction of sp³-hybridized carbons (Fsp3) is 0.500. The first-order chi connectivity index (χ1) is 12.5. The number of amides is 3. The quantitative estimate of drug-likeness (QED) is 0.787. The van der Waals surface area contributed by atoms with Crippen molar-refractivity contribution < 1.29 is 19.1 Å². The molecule has 0 aromatic heterocycles. The van der Waals surface area contributed by atoms with Crippen molar-refractivity contribution in [1.82, 2.24) is 10.2 Å². The maximum atomic E-state index is 12.6. The molecule has 3 amide bonds. The molecule has 0 spiro atoms. The molecule has 2 saturated heterocycles. The molecule has 2 aliphatic rings. The van der Waals surface area contributed by atoms with E-state index in [0.717, 1.165) is 10.2 Å². The molecule has 0 bridgehead atoms. The predicted octanol–water partition coefficient (Wildman–Crippen LogP) is 1.17. The van der Waals surface area contributed by atoms with E-state index >= 15 is 0 Å². The van der Waals surface area contributed by atoms with Crippen LogP contribution >= 0.6 is 15.9 Å². The van der Waals surface area contributed by atoms with Crippen molar-refractivity contribution in [2.75, 3.05) is 37.7 Å². The number of halogens is 1. The van der Waals surface area contributed by atoms with Crippen LogP contribution in [0, 0.1) is 5.92 Å². The van der Waals surface area contributed by atoms with Crippen LogP contribution in [0.25, 0.3) is 0 Å². The van der Waals surface area contributed by atoms with Crippen molar-refractivity contribution >= 4 is 39.3 Å². The van der Waals surface area contributed by atoms with Crippen LogP contribution in [0.5, 0.6) is 0 Å². The van der Waals surface area contributed by atoms with Crippen LogP contribution < -0.4 is 10.2 Å². The van der Waals surface area contributed by atoms with Crippen LogP contribution in [0.1, 0.15) is 13.3 Å². The third kappa shape index (κ3) is 4.07. The molecule has 0 unspecified atom stereocenters. The van der Waals surface area contributed by atoms with Gasteiger partial charge in [0.1, 0.15) is 6.04 Å². The van der Waals surface area contributed by atoms with Crippen LogP contribution in [0.15, 0.2) is 28.7 Å². The van der Waals surface area contributed by atoms with Gasteiger partial charge in [-0.1, -0.05) is 12.1 Å². The number of nitrogens with zero attached hydrogens (tertiary/aromatic N) is 2. The van der Waals surface area contributed by atoms with E-state index in [0.29, 0.717) is 32.8 Å². The lowest BCUT2D eigenvalue weighted by Gasteiger charge is -2.29. The standard InChI is InChI=1S/C18H22BrN3O4/c1-12(18(25)21-6-8-26-9-7-21)20-17(24)13-10-16(23)22(11-13)15-5-3-2-4-14(15)19/h2-5,12-13H,6-11H2,1H3,(H,20,24)/t12-,13+/m1/s1. The second-order valence-corrected chi connectivity index (χ2v) is 7.38.